The zero-order chi connectivity index (χ0) is 21.8. The number of rotatable bonds is 9. The van der Waals surface area contributed by atoms with E-state index in [1.54, 1.807) is 28.8 Å². The van der Waals surface area contributed by atoms with Crippen LogP contribution in [0.1, 0.15) is 20.3 Å². The van der Waals surface area contributed by atoms with Crippen LogP contribution in [-0.4, -0.2) is 43.5 Å². The third-order valence-corrected chi connectivity index (χ3v) is 4.91. The molecule has 0 fully saturated rings. The van der Waals surface area contributed by atoms with Crippen LogP contribution in [0.3, 0.4) is 0 Å². The molecule has 2 aromatic heterocycles. The van der Waals surface area contributed by atoms with Crippen molar-refractivity contribution in [3.05, 3.63) is 50.1 Å². The van der Waals surface area contributed by atoms with Crippen LogP contribution in [0.4, 0.5) is 5.95 Å². The second-order valence-electron chi connectivity index (χ2n) is 7.56. The fraction of sp³-hybridized carbons (Fsp3) is 0.450. The molecule has 0 spiro atoms. The zero-order valence-corrected chi connectivity index (χ0v) is 17.9. The minimum atomic E-state index is -0.916. The van der Waals surface area contributed by atoms with Crippen LogP contribution in [0.25, 0.3) is 11.2 Å². The maximum Gasteiger partial charge on any atom is 0.329 e. The van der Waals surface area contributed by atoms with E-state index in [-0.39, 0.29) is 24.3 Å². The summed E-state index contributed by atoms with van der Waals surface area (Å²) >= 11 is 5.86. The topological polar surface area (TPSA) is 114 Å². The fourth-order valence-corrected chi connectivity index (χ4v) is 3.13. The average molecular weight is 436 g/mol. The Morgan fingerprint density at radius 1 is 1.27 bits per heavy atom. The highest BCUT2D eigenvalue weighted by Crippen LogP contribution is 2.18. The third-order valence-electron chi connectivity index (χ3n) is 4.66. The molecule has 0 aliphatic rings. The predicted molar refractivity (Wildman–Crippen MR) is 116 cm³/mol. The predicted octanol–water partition coefficient (Wildman–Crippen LogP) is 1.97. The number of ether oxygens (including phenoxy) is 1. The van der Waals surface area contributed by atoms with Crippen LogP contribution in [-0.2, 0) is 13.6 Å². The highest BCUT2D eigenvalue weighted by molar-refractivity contribution is 6.30. The molecule has 3 rings (SSSR count). The standard InChI is InChI=1S/C20H26ClN5O4/c1-12(2)8-9-22-19-23-17-16(18(28)24-20(29)25(17)3)26(19)10-14(27)11-30-15-6-4-13(21)5-7-15/h4-7,12,14,27H,8-11H2,1-3H3,(H,22,23)(H,24,28,29)/t14-/m1/s1. The van der Waals surface area contributed by atoms with Gasteiger partial charge in [-0.3, -0.25) is 14.3 Å². The van der Waals surface area contributed by atoms with Gasteiger partial charge < -0.3 is 19.7 Å². The van der Waals surface area contributed by atoms with Crippen molar-refractivity contribution in [1.29, 1.82) is 0 Å². The molecule has 0 saturated carbocycles. The molecule has 0 unspecified atom stereocenters. The Morgan fingerprint density at radius 2 is 1.97 bits per heavy atom. The average Bonchev–Trinajstić information content (AvgIpc) is 3.04. The molecule has 0 radical (unpaired) electrons. The van der Waals surface area contributed by atoms with Gasteiger partial charge in [0, 0.05) is 18.6 Å². The van der Waals surface area contributed by atoms with Crippen molar-refractivity contribution in [3.8, 4) is 5.75 Å². The van der Waals surface area contributed by atoms with Gasteiger partial charge in [-0.25, -0.2) is 4.79 Å². The molecular formula is C20H26ClN5O4. The van der Waals surface area contributed by atoms with Crippen LogP contribution in [0.15, 0.2) is 33.9 Å². The molecule has 0 aliphatic carbocycles. The van der Waals surface area contributed by atoms with Crippen LogP contribution in [0.5, 0.6) is 5.75 Å². The minimum Gasteiger partial charge on any atom is -0.491 e. The van der Waals surface area contributed by atoms with Gasteiger partial charge in [-0.15, -0.1) is 0 Å². The summed E-state index contributed by atoms with van der Waals surface area (Å²) < 4.78 is 8.47. The Bertz CT molecular complexity index is 1120. The van der Waals surface area contributed by atoms with Gasteiger partial charge in [0.15, 0.2) is 11.2 Å². The second kappa shape index (κ2) is 9.36. The summed E-state index contributed by atoms with van der Waals surface area (Å²) in [4.78, 5) is 31.1. The molecule has 30 heavy (non-hydrogen) atoms. The first-order chi connectivity index (χ1) is 14.3. The first-order valence-electron chi connectivity index (χ1n) is 9.76. The van der Waals surface area contributed by atoms with E-state index in [1.165, 1.54) is 11.6 Å². The number of benzene rings is 1. The Hall–Kier alpha value is -2.78. The molecule has 0 amide bonds. The van der Waals surface area contributed by atoms with Gasteiger partial charge in [-0.05, 0) is 36.6 Å². The number of aliphatic hydroxyl groups excluding tert-OH is 1. The van der Waals surface area contributed by atoms with Gasteiger partial charge in [0.05, 0.1) is 6.54 Å². The molecule has 0 aliphatic heterocycles. The zero-order valence-electron chi connectivity index (χ0n) is 17.2. The molecule has 0 saturated heterocycles. The van der Waals surface area contributed by atoms with Crippen LogP contribution in [0.2, 0.25) is 5.02 Å². The Morgan fingerprint density at radius 3 is 2.63 bits per heavy atom. The summed E-state index contributed by atoms with van der Waals surface area (Å²) in [6.07, 6.45) is -0.0128. The number of aromatic nitrogens is 4. The van der Waals surface area contributed by atoms with Gasteiger partial charge >= 0.3 is 5.69 Å². The summed E-state index contributed by atoms with van der Waals surface area (Å²) in [6, 6.07) is 6.81. The van der Waals surface area contributed by atoms with E-state index in [0.29, 0.717) is 29.2 Å². The lowest BCUT2D eigenvalue weighted by atomic mass is 10.1. The number of imidazole rings is 1. The molecular weight excluding hydrogens is 410 g/mol. The lowest BCUT2D eigenvalue weighted by Gasteiger charge is -2.16. The number of nitrogens with zero attached hydrogens (tertiary/aromatic N) is 3. The Labute approximate surface area is 178 Å². The van der Waals surface area contributed by atoms with Gasteiger partial charge in [0.1, 0.15) is 18.5 Å². The van der Waals surface area contributed by atoms with E-state index in [0.717, 1.165) is 6.42 Å². The maximum absolute atomic E-state index is 12.5. The van der Waals surface area contributed by atoms with Crippen molar-refractivity contribution in [2.24, 2.45) is 13.0 Å². The summed E-state index contributed by atoms with van der Waals surface area (Å²) in [7, 11) is 1.54. The molecule has 9 nitrogen and oxygen atoms in total. The van der Waals surface area contributed by atoms with Crippen molar-refractivity contribution >= 4 is 28.7 Å². The monoisotopic (exact) mass is 435 g/mol. The molecule has 0 bridgehead atoms. The summed E-state index contributed by atoms with van der Waals surface area (Å²) in [5.74, 6) is 1.48. The van der Waals surface area contributed by atoms with Gasteiger partial charge in [0.25, 0.3) is 5.56 Å². The summed E-state index contributed by atoms with van der Waals surface area (Å²) in [5, 5.41) is 14.3. The number of halogens is 1. The van der Waals surface area contributed by atoms with Crippen molar-refractivity contribution in [2.45, 2.75) is 32.9 Å². The van der Waals surface area contributed by atoms with Crippen molar-refractivity contribution in [3.63, 3.8) is 0 Å². The number of aromatic amines is 1. The van der Waals surface area contributed by atoms with E-state index in [1.807, 2.05) is 0 Å². The molecule has 3 N–H and O–H groups in total. The first-order valence-corrected chi connectivity index (χ1v) is 10.1. The third kappa shape index (κ3) is 5.03. The maximum atomic E-state index is 12.5. The van der Waals surface area contributed by atoms with E-state index in [9.17, 15) is 14.7 Å². The van der Waals surface area contributed by atoms with Gasteiger partial charge in [-0.1, -0.05) is 25.4 Å². The molecule has 1 atom stereocenters. The molecule has 10 heteroatoms. The molecule has 3 aromatic rings. The number of nitrogens with one attached hydrogen (secondary N) is 2. The minimum absolute atomic E-state index is 0.0103. The van der Waals surface area contributed by atoms with E-state index in [2.05, 4.69) is 29.1 Å². The van der Waals surface area contributed by atoms with Crippen molar-refractivity contribution in [2.75, 3.05) is 18.5 Å². The number of anilines is 1. The van der Waals surface area contributed by atoms with Crippen LogP contribution < -0.4 is 21.3 Å². The lowest BCUT2D eigenvalue weighted by molar-refractivity contribution is 0.0938. The number of H-pyrrole nitrogens is 1. The molecule has 2 heterocycles. The van der Waals surface area contributed by atoms with Crippen molar-refractivity contribution in [1.82, 2.24) is 19.1 Å². The summed E-state index contributed by atoms with van der Waals surface area (Å²) in [5.41, 5.74) is -0.628. The Kier molecular flexibility index (Phi) is 6.84. The van der Waals surface area contributed by atoms with Crippen LogP contribution in [0, 0.1) is 5.92 Å². The normalized spacial score (nSPS) is 12.5. The Balaban J connectivity index is 1.85. The second-order valence-corrected chi connectivity index (χ2v) is 8.00. The number of hydrogen-bond donors (Lipinski definition) is 3. The van der Waals surface area contributed by atoms with Crippen LogP contribution >= 0.6 is 11.6 Å². The highest BCUT2D eigenvalue weighted by atomic mass is 35.5. The fourth-order valence-electron chi connectivity index (χ4n) is 3.01. The first kappa shape index (κ1) is 21.9. The van der Waals surface area contributed by atoms with E-state index >= 15 is 0 Å². The largest absolute Gasteiger partial charge is 0.491 e. The highest BCUT2D eigenvalue weighted by Gasteiger charge is 2.20. The van der Waals surface area contributed by atoms with E-state index < -0.39 is 17.4 Å². The van der Waals surface area contributed by atoms with Gasteiger partial charge in [0.2, 0.25) is 5.95 Å². The smallest absolute Gasteiger partial charge is 0.329 e. The van der Waals surface area contributed by atoms with Crippen molar-refractivity contribution < 1.29 is 9.84 Å². The number of aliphatic hydroxyl groups is 1. The SMILES string of the molecule is CC(C)CCNc1nc2c(c(=O)[nH]c(=O)n2C)n1C[C@@H](O)COc1ccc(Cl)cc1. The lowest BCUT2D eigenvalue weighted by Crippen LogP contribution is -2.31. The number of fused-ring (bicyclic) bond motifs is 1. The van der Waals surface area contributed by atoms with E-state index in [4.69, 9.17) is 16.3 Å². The molecule has 1 aromatic carbocycles. The number of hydrogen-bond acceptors (Lipinski definition) is 6. The van der Waals surface area contributed by atoms with Gasteiger partial charge in [-0.2, -0.15) is 4.98 Å². The quantitative estimate of drug-likeness (QED) is 0.473. The summed E-state index contributed by atoms with van der Waals surface area (Å²) in [6.45, 7) is 4.93. The molecule has 162 valence electrons. The number of aryl methyl sites for hydroxylation is 1.